The molecule has 0 amide bonds. The number of nitrogens with zero attached hydrogens (tertiary/aromatic N) is 1. The monoisotopic (exact) mass is 379 g/mol. The molecule has 3 nitrogen and oxygen atoms in total. The highest BCUT2D eigenvalue weighted by atomic mass is 16.1. The number of hydrogen-bond acceptors (Lipinski definition) is 3. The van der Waals surface area contributed by atoms with Crippen molar-refractivity contribution in [3.05, 3.63) is 71.3 Å². The molecule has 0 bridgehead atoms. The van der Waals surface area contributed by atoms with Gasteiger partial charge >= 0.3 is 0 Å². The first-order valence-electron chi connectivity index (χ1n) is 9.93. The third-order valence-electron chi connectivity index (χ3n) is 5.12. The van der Waals surface area contributed by atoms with Gasteiger partial charge in [-0.05, 0) is 25.6 Å². The van der Waals surface area contributed by atoms with Crippen LogP contribution in [0, 0.1) is 10.8 Å². The van der Waals surface area contributed by atoms with Crippen molar-refractivity contribution in [3.63, 3.8) is 0 Å². The lowest BCUT2D eigenvalue weighted by atomic mass is 9.81. The minimum atomic E-state index is -0.404. The van der Waals surface area contributed by atoms with Gasteiger partial charge in [0.25, 0.3) is 0 Å². The van der Waals surface area contributed by atoms with E-state index in [9.17, 15) is 9.59 Å². The molecule has 2 rings (SSSR count). The zero-order chi connectivity index (χ0) is 20.9. The summed E-state index contributed by atoms with van der Waals surface area (Å²) in [5.74, 6) is 0.347. The molecule has 0 saturated carbocycles. The van der Waals surface area contributed by atoms with Crippen molar-refractivity contribution >= 4 is 11.6 Å². The van der Waals surface area contributed by atoms with Gasteiger partial charge in [-0.1, -0.05) is 89.2 Å². The predicted molar refractivity (Wildman–Crippen MR) is 116 cm³/mol. The lowest BCUT2D eigenvalue weighted by Crippen LogP contribution is -2.30. The number of ketones is 2. The van der Waals surface area contributed by atoms with Crippen LogP contribution >= 0.6 is 0 Å². The molecule has 2 aromatic carbocycles. The Morgan fingerprint density at radius 1 is 0.786 bits per heavy atom. The van der Waals surface area contributed by atoms with E-state index >= 15 is 0 Å². The fourth-order valence-electron chi connectivity index (χ4n) is 3.15. The van der Waals surface area contributed by atoms with Crippen molar-refractivity contribution in [2.45, 2.75) is 47.6 Å². The van der Waals surface area contributed by atoms with Crippen LogP contribution in [-0.4, -0.2) is 30.1 Å². The topological polar surface area (TPSA) is 37.4 Å². The van der Waals surface area contributed by atoms with E-state index in [1.807, 2.05) is 89.2 Å². The standard InChI is InChI=1S/C25H33NO2/c1-24(2,3)22(27)21-14-12-19(13-15-21)18-26(6)17-16-25(4,5)23(28)20-10-8-7-9-11-20/h7-15H,16-18H2,1-6H3. The molecule has 0 aliphatic heterocycles. The summed E-state index contributed by atoms with van der Waals surface area (Å²) in [6.07, 6.45) is 0.790. The maximum absolute atomic E-state index is 12.8. The smallest absolute Gasteiger partial charge is 0.168 e. The Balaban J connectivity index is 1.92. The van der Waals surface area contributed by atoms with Gasteiger partial charge in [0, 0.05) is 28.5 Å². The molecule has 150 valence electrons. The number of carbonyl (C=O) groups is 2. The van der Waals surface area contributed by atoms with Crippen molar-refractivity contribution in [1.82, 2.24) is 4.90 Å². The van der Waals surface area contributed by atoms with E-state index in [-0.39, 0.29) is 17.0 Å². The molecular formula is C25H33NO2. The minimum Gasteiger partial charge on any atom is -0.302 e. The van der Waals surface area contributed by atoms with Gasteiger partial charge in [-0.2, -0.15) is 0 Å². The van der Waals surface area contributed by atoms with Crippen LogP contribution in [0.5, 0.6) is 0 Å². The maximum Gasteiger partial charge on any atom is 0.168 e. The van der Waals surface area contributed by atoms with E-state index in [0.29, 0.717) is 0 Å². The predicted octanol–water partition coefficient (Wildman–Crippen LogP) is 5.65. The molecule has 0 atom stereocenters. The third kappa shape index (κ3) is 5.87. The summed E-state index contributed by atoms with van der Waals surface area (Å²) in [5.41, 5.74) is 1.93. The van der Waals surface area contributed by atoms with E-state index in [2.05, 4.69) is 11.9 Å². The third-order valence-corrected chi connectivity index (χ3v) is 5.12. The van der Waals surface area contributed by atoms with Crippen LogP contribution in [0.15, 0.2) is 54.6 Å². The zero-order valence-corrected chi connectivity index (χ0v) is 18.1. The van der Waals surface area contributed by atoms with E-state index in [1.54, 1.807) is 0 Å². The normalized spacial score (nSPS) is 12.2. The van der Waals surface area contributed by atoms with E-state index < -0.39 is 5.41 Å². The quantitative estimate of drug-likeness (QED) is 0.557. The van der Waals surface area contributed by atoms with Crippen molar-refractivity contribution in [3.8, 4) is 0 Å². The Labute approximate surface area is 169 Å². The lowest BCUT2D eigenvalue weighted by Gasteiger charge is -2.26. The minimum absolute atomic E-state index is 0.161. The number of carbonyl (C=O) groups excluding carboxylic acids is 2. The summed E-state index contributed by atoms with van der Waals surface area (Å²) < 4.78 is 0. The molecule has 0 N–H and O–H groups in total. The summed E-state index contributed by atoms with van der Waals surface area (Å²) in [5, 5.41) is 0. The SMILES string of the molecule is CN(CCC(C)(C)C(=O)c1ccccc1)Cc1ccc(C(=O)C(C)(C)C)cc1. The largest absolute Gasteiger partial charge is 0.302 e. The molecule has 0 aliphatic rings. The first-order chi connectivity index (χ1) is 13.0. The van der Waals surface area contributed by atoms with Crippen LogP contribution in [0.3, 0.4) is 0 Å². The van der Waals surface area contributed by atoms with Crippen molar-refractivity contribution in [2.75, 3.05) is 13.6 Å². The van der Waals surface area contributed by atoms with E-state index in [1.165, 1.54) is 5.56 Å². The van der Waals surface area contributed by atoms with E-state index in [4.69, 9.17) is 0 Å². The molecule has 0 aliphatic carbocycles. The summed E-state index contributed by atoms with van der Waals surface area (Å²) >= 11 is 0. The first-order valence-corrected chi connectivity index (χ1v) is 9.93. The number of hydrogen-bond donors (Lipinski definition) is 0. The lowest BCUT2D eigenvalue weighted by molar-refractivity contribution is 0.0810. The van der Waals surface area contributed by atoms with Crippen LogP contribution in [0.4, 0.5) is 0 Å². The maximum atomic E-state index is 12.8. The Kier molecular flexibility index (Phi) is 6.95. The van der Waals surface area contributed by atoms with Gasteiger partial charge in [-0.25, -0.2) is 0 Å². The van der Waals surface area contributed by atoms with Gasteiger partial charge in [0.1, 0.15) is 0 Å². The Hall–Kier alpha value is -2.26. The van der Waals surface area contributed by atoms with Crippen molar-refractivity contribution < 1.29 is 9.59 Å². The second kappa shape index (κ2) is 8.83. The highest BCUT2D eigenvalue weighted by molar-refractivity contribution is 6.00. The van der Waals surface area contributed by atoms with Gasteiger partial charge < -0.3 is 4.90 Å². The number of rotatable bonds is 8. The van der Waals surface area contributed by atoms with Gasteiger partial charge in [-0.3, -0.25) is 9.59 Å². The molecular weight excluding hydrogens is 346 g/mol. The average Bonchev–Trinajstić information content (AvgIpc) is 2.66. The summed E-state index contributed by atoms with van der Waals surface area (Å²) in [6.45, 7) is 11.5. The van der Waals surface area contributed by atoms with Crippen LogP contribution < -0.4 is 0 Å². The fraction of sp³-hybridized carbons (Fsp3) is 0.440. The Bertz CT molecular complexity index is 799. The molecule has 28 heavy (non-hydrogen) atoms. The van der Waals surface area contributed by atoms with Gasteiger partial charge in [0.05, 0.1) is 0 Å². The molecule has 0 spiro atoms. The number of Topliss-reactive ketones (excluding diaryl/α,β-unsaturated/α-hetero) is 2. The molecule has 0 fully saturated rings. The fourth-order valence-corrected chi connectivity index (χ4v) is 3.15. The molecule has 0 aromatic heterocycles. The van der Waals surface area contributed by atoms with Crippen molar-refractivity contribution in [2.24, 2.45) is 10.8 Å². The summed E-state index contributed by atoms with van der Waals surface area (Å²) in [7, 11) is 2.07. The van der Waals surface area contributed by atoms with Crippen molar-refractivity contribution in [1.29, 1.82) is 0 Å². The second-order valence-electron chi connectivity index (χ2n) is 9.34. The van der Waals surface area contributed by atoms with Gasteiger partial charge in [0.2, 0.25) is 0 Å². The summed E-state index contributed by atoms with van der Waals surface area (Å²) in [4.78, 5) is 27.3. The molecule has 0 saturated heterocycles. The van der Waals surface area contributed by atoms with Crippen LogP contribution in [0.2, 0.25) is 0 Å². The van der Waals surface area contributed by atoms with Gasteiger partial charge in [-0.15, -0.1) is 0 Å². The van der Waals surface area contributed by atoms with Crippen LogP contribution in [0.1, 0.15) is 67.3 Å². The zero-order valence-electron chi connectivity index (χ0n) is 18.1. The Morgan fingerprint density at radius 3 is 1.86 bits per heavy atom. The highest BCUT2D eigenvalue weighted by Gasteiger charge is 2.28. The average molecular weight is 380 g/mol. The summed E-state index contributed by atoms with van der Waals surface area (Å²) in [6, 6.07) is 17.4. The molecule has 2 aromatic rings. The molecule has 3 heteroatoms. The highest BCUT2D eigenvalue weighted by Crippen LogP contribution is 2.26. The number of benzene rings is 2. The molecule has 0 heterocycles. The van der Waals surface area contributed by atoms with Gasteiger partial charge in [0.15, 0.2) is 11.6 Å². The Morgan fingerprint density at radius 2 is 1.32 bits per heavy atom. The van der Waals surface area contributed by atoms with Crippen LogP contribution in [-0.2, 0) is 6.54 Å². The van der Waals surface area contributed by atoms with Crippen LogP contribution in [0.25, 0.3) is 0 Å². The van der Waals surface area contributed by atoms with E-state index in [0.717, 1.165) is 30.6 Å². The molecule has 0 radical (unpaired) electrons. The first kappa shape index (κ1) is 22.0. The molecule has 0 unspecified atom stereocenters. The second-order valence-corrected chi connectivity index (χ2v) is 9.34.